The monoisotopic (exact) mass is 398 g/mol. The topological polar surface area (TPSA) is 64.3 Å². The van der Waals surface area contributed by atoms with Crippen molar-refractivity contribution in [2.24, 2.45) is 0 Å². The zero-order chi connectivity index (χ0) is 14.5. The third-order valence-corrected chi connectivity index (χ3v) is 3.81. The van der Waals surface area contributed by atoms with Crippen molar-refractivity contribution in [3.8, 4) is 5.75 Å². The molecule has 6 heteroatoms. The van der Waals surface area contributed by atoms with Gasteiger partial charge in [0.2, 0.25) is 0 Å². The van der Waals surface area contributed by atoms with E-state index in [2.05, 4.69) is 37.2 Å². The van der Waals surface area contributed by atoms with Gasteiger partial charge in [-0.05, 0) is 56.1 Å². The largest absolute Gasteiger partial charge is 0.483 e. The van der Waals surface area contributed by atoms with E-state index in [1.807, 2.05) is 18.2 Å². The van der Waals surface area contributed by atoms with Gasteiger partial charge in [0.1, 0.15) is 5.75 Å². The third kappa shape index (κ3) is 3.98. The Balaban J connectivity index is 1.96. The van der Waals surface area contributed by atoms with Crippen molar-refractivity contribution in [2.75, 3.05) is 17.7 Å². The predicted octanol–water partition coefficient (Wildman–Crippen LogP) is 3.81. The van der Waals surface area contributed by atoms with Crippen LogP contribution in [0.25, 0.3) is 0 Å². The Morgan fingerprint density at radius 1 is 1.15 bits per heavy atom. The number of ether oxygens (including phenoxy) is 1. The van der Waals surface area contributed by atoms with Crippen LogP contribution in [0.1, 0.15) is 0 Å². The van der Waals surface area contributed by atoms with Gasteiger partial charge in [-0.25, -0.2) is 0 Å². The summed E-state index contributed by atoms with van der Waals surface area (Å²) < 4.78 is 7.01. The maximum atomic E-state index is 11.8. The van der Waals surface area contributed by atoms with Gasteiger partial charge in [0.05, 0.1) is 10.2 Å². The summed E-state index contributed by atoms with van der Waals surface area (Å²) in [7, 11) is 0. The standard InChI is InChI=1S/C14H12Br2N2O2/c15-10-3-1-2-4-12(10)18-14(19)8-20-13-7-9(17)5-6-11(13)16/h1-7H,8,17H2,(H,18,19). The lowest BCUT2D eigenvalue weighted by molar-refractivity contribution is -0.118. The van der Waals surface area contributed by atoms with Crippen LogP contribution in [0.15, 0.2) is 51.4 Å². The van der Waals surface area contributed by atoms with E-state index in [0.29, 0.717) is 17.1 Å². The Bertz CT molecular complexity index is 632. The normalized spacial score (nSPS) is 10.1. The number of nitrogen functional groups attached to an aromatic ring is 1. The Morgan fingerprint density at radius 2 is 1.90 bits per heavy atom. The van der Waals surface area contributed by atoms with Gasteiger partial charge in [-0.2, -0.15) is 0 Å². The molecule has 0 atom stereocenters. The van der Waals surface area contributed by atoms with Gasteiger partial charge in [0.15, 0.2) is 6.61 Å². The molecule has 0 saturated carbocycles. The van der Waals surface area contributed by atoms with E-state index in [9.17, 15) is 4.79 Å². The highest BCUT2D eigenvalue weighted by Crippen LogP contribution is 2.27. The van der Waals surface area contributed by atoms with E-state index in [1.54, 1.807) is 24.3 Å². The molecule has 0 spiro atoms. The van der Waals surface area contributed by atoms with Crippen LogP contribution in [0.2, 0.25) is 0 Å². The molecule has 0 radical (unpaired) electrons. The Labute approximate surface area is 133 Å². The summed E-state index contributed by atoms with van der Waals surface area (Å²) in [5.41, 5.74) is 6.95. The van der Waals surface area contributed by atoms with E-state index in [-0.39, 0.29) is 12.5 Å². The molecular weight excluding hydrogens is 388 g/mol. The van der Waals surface area contributed by atoms with Gasteiger partial charge in [0, 0.05) is 16.2 Å². The number of anilines is 2. The quantitative estimate of drug-likeness (QED) is 0.768. The van der Waals surface area contributed by atoms with E-state index in [1.165, 1.54) is 0 Å². The van der Waals surface area contributed by atoms with E-state index in [4.69, 9.17) is 10.5 Å². The minimum absolute atomic E-state index is 0.0939. The number of halogens is 2. The van der Waals surface area contributed by atoms with E-state index >= 15 is 0 Å². The summed E-state index contributed by atoms with van der Waals surface area (Å²) in [5.74, 6) is 0.290. The highest BCUT2D eigenvalue weighted by molar-refractivity contribution is 9.11. The van der Waals surface area contributed by atoms with Crippen LogP contribution >= 0.6 is 31.9 Å². The molecule has 0 fully saturated rings. The lowest BCUT2D eigenvalue weighted by Gasteiger charge is -2.10. The number of nitrogens with two attached hydrogens (primary N) is 1. The fourth-order valence-electron chi connectivity index (χ4n) is 1.52. The van der Waals surface area contributed by atoms with Crippen LogP contribution in [-0.2, 0) is 4.79 Å². The lowest BCUT2D eigenvalue weighted by atomic mass is 10.3. The number of carbonyl (C=O) groups excluding carboxylic acids is 1. The summed E-state index contributed by atoms with van der Waals surface area (Å²) in [5, 5.41) is 2.76. The number of benzene rings is 2. The predicted molar refractivity (Wildman–Crippen MR) is 86.8 cm³/mol. The molecule has 0 aromatic heterocycles. The van der Waals surface area contributed by atoms with Crippen LogP contribution in [0, 0.1) is 0 Å². The summed E-state index contributed by atoms with van der Waals surface area (Å²) >= 11 is 6.70. The molecule has 0 aliphatic rings. The zero-order valence-electron chi connectivity index (χ0n) is 10.4. The SMILES string of the molecule is Nc1ccc(Br)c(OCC(=O)Nc2ccccc2Br)c1. The maximum Gasteiger partial charge on any atom is 0.262 e. The average Bonchev–Trinajstić information content (AvgIpc) is 2.42. The van der Waals surface area contributed by atoms with Crippen molar-refractivity contribution in [1.29, 1.82) is 0 Å². The maximum absolute atomic E-state index is 11.8. The molecule has 0 saturated heterocycles. The molecule has 0 heterocycles. The molecule has 20 heavy (non-hydrogen) atoms. The molecule has 3 N–H and O–H groups in total. The highest BCUT2D eigenvalue weighted by atomic mass is 79.9. The molecule has 2 aromatic carbocycles. The smallest absolute Gasteiger partial charge is 0.262 e. The number of amides is 1. The van der Waals surface area contributed by atoms with Crippen LogP contribution in [0.3, 0.4) is 0 Å². The second-order valence-corrected chi connectivity index (χ2v) is 5.72. The molecule has 2 aromatic rings. The highest BCUT2D eigenvalue weighted by Gasteiger charge is 2.08. The van der Waals surface area contributed by atoms with Crippen molar-refractivity contribution in [1.82, 2.24) is 0 Å². The second kappa shape index (κ2) is 6.76. The zero-order valence-corrected chi connectivity index (χ0v) is 13.6. The molecule has 0 aliphatic heterocycles. The first kappa shape index (κ1) is 14.9. The molecular formula is C14H12Br2N2O2. The molecule has 0 bridgehead atoms. The molecule has 2 rings (SSSR count). The number of nitrogens with one attached hydrogen (secondary N) is 1. The molecule has 1 amide bonds. The molecule has 0 aliphatic carbocycles. The molecule has 0 unspecified atom stereocenters. The van der Waals surface area contributed by atoms with Crippen LogP contribution in [-0.4, -0.2) is 12.5 Å². The Kier molecular flexibility index (Phi) is 5.03. The van der Waals surface area contributed by atoms with Gasteiger partial charge in [0.25, 0.3) is 5.91 Å². The summed E-state index contributed by atoms with van der Waals surface area (Å²) in [6, 6.07) is 12.6. The summed E-state index contributed by atoms with van der Waals surface area (Å²) in [6.07, 6.45) is 0. The van der Waals surface area contributed by atoms with Crippen molar-refractivity contribution >= 4 is 49.1 Å². The number of carbonyl (C=O) groups is 1. The van der Waals surface area contributed by atoms with Crippen LogP contribution < -0.4 is 15.8 Å². The minimum Gasteiger partial charge on any atom is -0.483 e. The average molecular weight is 400 g/mol. The number of rotatable bonds is 4. The summed E-state index contributed by atoms with van der Waals surface area (Å²) in [4.78, 5) is 11.8. The van der Waals surface area contributed by atoms with Gasteiger partial charge < -0.3 is 15.8 Å². The van der Waals surface area contributed by atoms with Gasteiger partial charge in [-0.1, -0.05) is 12.1 Å². The van der Waals surface area contributed by atoms with Crippen molar-refractivity contribution in [3.05, 3.63) is 51.4 Å². The number of hydrogen-bond donors (Lipinski definition) is 2. The van der Waals surface area contributed by atoms with E-state index < -0.39 is 0 Å². The fourth-order valence-corrected chi connectivity index (χ4v) is 2.27. The molecule has 104 valence electrons. The first-order chi connectivity index (χ1) is 9.56. The Morgan fingerprint density at radius 3 is 2.65 bits per heavy atom. The van der Waals surface area contributed by atoms with Crippen molar-refractivity contribution in [2.45, 2.75) is 0 Å². The number of para-hydroxylation sites is 1. The first-order valence-electron chi connectivity index (χ1n) is 5.78. The fraction of sp³-hybridized carbons (Fsp3) is 0.0714. The van der Waals surface area contributed by atoms with Crippen molar-refractivity contribution < 1.29 is 9.53 Å². The second-order valence-electron chi connectivity index (χ2n) is 4.01. The molecule has 4 nitrogen and oxygen atoms in total. The lowest BCUT2D eigenvalue weighted by Crippen LogP contribution is -2.20. The minimum atomic E-state index is -0.244. The first-order valence-corrected chi connectivity index (χ1v) is 7.37. The van der Waals surface area contributed by atoms with Gasteiger partial charge in [-0.15, -0.1) is 0 Å². The number of hydrogen-bond acceptors (Lipinski definition) is 3. The van der Waals surface area contributed by atoms with Crippen molar-refractivity contribution in [3.63, 3.8) is 0 Å². The Hall–Kier alpha value is -1.53. The van der Waals surface area contributed by atoms with E-state index in [0.717, 1.165) is 8.95 Å². The van der Waals surface area contributed by atoms with Gasteiger partial charge in [-0.3, -0.25) is 4.79 Å². The van der Waals surface area contributed by atoms with Crippen LogP contribution in [0.4, 0.5) is 11.4 Å². The van der Waals surface area contributed by atoms with Gasteiger partial charge >= 0.3 is 0 Å². The third-order valence-electron chi connectivity index (χ3n) is 2.46. The van der Waals surface area contributed by atoms with Crippen LogP contribution in [0.5, 0.6) is 5.75 Å². The summed E-state index contributed by atoms with van der Waals surface area (Å²) in [6.45, 7) is -0.0939.